The zero-order valence-electron chi connectivity index (χ0n) is 8.98. The van der Waals surface area contributed by atoms with E-state index in [0.717, 1.165) is 26.0 Å². The Morgan fingerprint density at radius 2 is 2.25 bits per heavy atom. The number of aromatic hydroxyl groups is 1. The third-order valence-corrected chi connectivity index (χ3v) is 3.33. The van der Waals surface area contributed by atoms with Gasteiger partial charge in [0.1, 0.15) is 5.75 Å². The molecular formula is C12H16ClNO2. The zero-order valence-corrected chi connectivity index (χ0v) is 9.80. The van der Waals surface area contributed by atoms with Crippen molar-refractivity contribution in [3.05, 3.63) is 29.3 Å². The molecule has 0 radical (unpaired) electrons. The van der Waals surface area contributed by atoms with Crippen LogP contribution in [0.4, 0.5) is 0 Å². The van der Waals surface area contributed by atoms with E-state index in [1.807, 2.05) is 12.1 Å². The molecule has 2 aliphatic rings. The number of phenolic OH excluding ortho intramolecular Hbond substituents is 1. The van der Waals surface area contributed by atoms with Crippen molar-refractivity contribution in [3.63, 3.8) is 0 Å². The SMILES string of the molecule is Cl.Oc1ccc2c(c1)[C@@H]1OCCN[C@@H]1CC2. The number of aryl methyl sites for hydroxylation is 1. The summed E-state index contributed by atoms with van der Waals surface area (Å²) in [6, 6.07) is 6.04. The first-order valence-corrected chi connectivity index (χ1v) is 5.51. The van der Waals surface area contributed by atoms with Gasteiger partial charge in [0, 0.05) is 12.6 Å². The summed E-state index contributed by atoms with van der Waals surface area (Å²) < 4.78 is 5.79. The van der Waals surface area contributed by atoms with E-state index in [2.05, 4.69) is 5.32 Å². The molecule has 1 aliphatic carbocycles. The Morgan fingerprint density at radius 3 is 3.12 bits per heavy atom. The standard InChI is InChI=1S/C12H15NO2.ClH/c14-9-3-1-8-2-4-11-12(10(8)7-9)15-6-5-13-11;/h1,3,7,11-14H,2,4-6H2;1H/t11-,12+;/m1./s1. The third-order valence-electron chi connectivity index (χ3n) is 3.33. The fourth-order valence-corrected chi connectivity index (χ4v) is 2.60. The molecule has 0 bridgehead atoms. The van der Waals surface area contributed by atoms with Gasteiger partial charge in [0.05, 0.1) is 12.7 Å². The van der Waals surface area contributed by atoms with Gasteiger partial charge < -0.3 is 15.2 Å². The van der Waals surface area contributed by atoms with Crippen molar-refractivity contribution in [2.75, 3.05) is 13.2 Å². The summed E-state index contributed by atoms with van der Waals surface area (Å²) in [7, 11) is 0. The monoisotopic (exact) mass is 241 g/mol. The molecule has 0 amide bonds. The van der Waals surface area contributed by atoms with Crippen LogP contribution in [0.15, 0.2) is 18.2 Å². The number of nitrogens with one attached hydrogen (secondary N) is 1. The number of morpholine rings is 1. The minimum Gasteiger partial charge on any atom is -0.508 e. The molecule has 0 saturated carbocycles. The second-order valence-corrected chi connectivity index (χ2v) is 4.27. The molecule has 88 valence electrons. The van der Waals surface area contributed by atoms with Gasteiger partial charge in [0.25, 0.3) is 0 Å². The van der Waals surface area contributed by atoms with Crippen LogP contribution < -0.4 is 5.32 Å². The fourth-order valence-electron chi connectivity index (χ4n) is 2.60. The topological polar surface area (TPSA) is 41.5 Å². The van der Waals surface area contributed by atoms with E-state index in [1.54, 1.807) is 6.07 Å². The molecule has 2 atom stereocenters. The van der Waals surface area contributed by atoms with Crippen LogP contribution >= 0.6 is 12.4 Å². The number of phenols is 1. The van der Waals surface area contributed by atoms with Crippen LogP contribution in [0.3, 0.4) is 0 Å². The van der Waals surface area contributed by atoms with Crippen LogP contribution in [0.25, 0.3) is 0 Å². The highest BCUT2D eigenvalue weighted by atomic mass is 35.5. The van der Waals surface area contributed by atoms with E-state index >= 15 is 0 Å². The van der Waals surface area contributed by atoms with Crippen molar-refractivity contribution in [1.82, 2.24) is 5.32 Å². The minimum atomic E-state index is 0. The summed E-state index contributed by atoms with van der Waals surface area (Å²) in [5.74, 6) is 0.337. The Labute approximate surface area is 101 Å². The van der Waals surface area contributed by atoms with Gasteiger partial charge in [-0.05, 0) is 36.1 Å². The highest BCUT2D eigenvalue weighted by molar-refractivity contribution is 5.85. The van der Waals surface area contributed by atoms with Crippen LogP contribution in [0.5, 0.6) is 5.75 Å². The number of hydrogen-bond acceptors (Lipinski definition) is 3. The van der Waals surface area contributed by atoms with Gasteiger partial charge in [-0.25, -0.2) is 0 Å². The number of fused-ring (bicyclic) bond motifs is 3. The molecule has 0 aromatic heterocycles. The maximum absolute atomic E-state index is 9.50. The van der Waals surface area contributed by atoms with Crippen molar-refractivity contribution in [1.29, 1.82) is 0 Å². The maximum atomic E-state index is 9.50. The first-order chi connectivity index (χ1) is 7.34. The lowest BCUT2D eigenvalue weighted by molar-refractivity contribution is -0.0128. The number of ether oxygens (including phenoxy) is 1. The van der Waals surface area contributed by atoms with E-state index < -0.39 is 0 Å². The molecule has 1 saturated heterocycles. The lowest BCUT2D eigenvalue weighted by Crippen LogP contribution is -2.45. The normalized spacial score (nSPS) is 27.5. The Kier molecular flexibility index (Phi) is 3.38. The van der Waals surface area contributed by atoms with Gasteiger partial charge >= 0.3 is 0 Å². The molecule has 2 N–H and O–H groups in total. The predicted octanol–water partition coefficient (Wildman–Crippen LogP) is 1.79. The smallest absolute Gasteiger partial charge is 0.115 e. The quantitative estimate of drug-likeness (QED) is 0.728. The van der Waals surface area contributed by atoms with Crippen molar-refractivity contribution in [3.8, 4) is 5.75 Å². The third kappa shape index (κ3) is 1.90. The first kappa shape index (κ1) is 11.7. The molecule has 1 fully saturated rings. The van der Waals surface area contributed by atoms with Crippen molar-refractivity contribution in [2.24, 2.45) is 0 Å². The highest BCUT2D eigenvalue weighted by Crippen LogP contribution is 2.35. The Morgan fingerprint density at radius 1 is 1.38 bits per heavy atom. The van der Waals surface area contributed by atoms with Gasteiger partial charge in [0.2, 0.25) is 0 Å². The molecule has 0 spiro atoms. The summed E-state index contributed by atoms with van der Waals surface area (Å²) in [5.41, 5.74) is 2.48. The van der Waals surface area contributed by atoms with Crippen molar-refractivity contribution >= 4 is 12.4 Å². The summed E-state index contributed by atoms with van der Waals surface area (Å²) in [6.07, 6.45) is 2.34. The molecule has 0 unspecified atom stereocenters. The molecule has 1 heterocycles. The van der Waals surface area contributed by atoms with E-state index in [0.29, 0.717) is 11.8 Å². The molecule has 3 nitrogen and oxygen atoms in total. The Bertz CT molecular complexity index is 383. The molecule has 1 aliphatic heterocycles. The number of rotatable bonds is 0. The lowest BCUT2D eigenvalue weighted by atomic mass is 9.85. The predicted molar refractivity (Wildman–Crippen MR) is 64.2 cm³/mol. The average Bonchev–Trinajstić information content (AvgIpc) is 2.29. The summed E-state index contributed by atoms with van der Waals surface area (Å²) >= 11 is 0. The number of hydrogen-bond donors (Lipinski definition) is 2. The van der Waals surface area contributed by atoms with Crippen LogP contribution in [0.1, 0.15) is 23.7 Å². The summed E-state index contributed by atoms with van der Waals surface area (Å²) in [5, 5.41) is 13.0. The maximum Gasteiger partial charge on any atom is 0.115 e. The minimum absolute atomic E-state index is 0. The fraction of sp³-hybridized carbons (Fsp3) is 0.500. The van der Waals surface area contributed by atoms with Gasteiger partial charge in [-0.1, -0.05) is 6.07 Å². The molecule has 16 heavy (non-hydrogen) atoms. The molecular weight excluding hydrogens is 226 g/mol. The van der Waals surface area contributed by atoms with E-state index in [4.69, 9.17) is 4.74 Å². The van der Waals surface area contributed by atoms with Gasteiger partial charge in [-0.15, -0.1) is 12.4 Å². The van der Waals surface area contributed by atoms with E-state index in [-0.39, 0.29) is 18.5 Å². The largest absolute Gasteiger partial charge is 0.508 e. The second-order valence-electron chi connectivity index (χ2n) is 4.27. The van der Waals surface area contributed by atoms with Crippen molar-refractivity contribution < 1.29 is 9.84 Å². The number of benzene rings is 1. The lowest BCUT2D eigenvalue weighted by Gasteiger charge is -2.37. The molecule has 4 heteroatoms. The van der Waals surface area contributed by atoms with Gasteiger partial charge in [-0.3, -0.25) is 0 Å². The summed E-state index contributed by atoms with van der Waals surface area (Å²) in [6.45, 7) is 1.70. The second kappa shape index (κ2) is 4.62. The zero-order chi connectivity index (χ0) is 10.3. The van der Waals surface area contributed by atoms with E-state index in [9.17, 15) is 5.11 Å². The van der Waals surface area contributed by atoms with Crippen LogP contribution in [-0.2, 0) is 11.2 Å². The highest BCUT2D eigenvalue weighted by Gasteiger charge is 2.32. The molecule has 1 aromatic rings. The molecule has 3 rings (SSSR count). The van der Waals surface area contributed by atoms with Crippen molar-refractivity contribution in [2.45, 2.75) is 25.0 Å². The molecule has 1 aromatic carbocycles. The van der Waals surface area contributed by atoms with Crippen LogP contribution in [-0.4, -0.2) is 24.3 Å². The number of halogens is 1. The van der Waals surface area contributed by atoms with E-state index in [1.165, 1.54) is 11.1 Å². The van der Waals surface area contributed by atoms with Gasteiger partial charge in [0.15, 0.2) is 0 Å². The van der Waals surface area contributed by atoms with Crippen LogP contribution in [0, 0.1) is 0 Å². The Balaban J connectivity index is 0.000000963. The first-order valence-electron chi connectivity index (χ1n) is 5.51. The Hall–Kier alpha value is -0.770. The summed E-state index contributed by atoms with van der Waals surface area (Å²) in [4.78, 5) is 0. The van der Waals surface area contributed by atoms with Gasteiger partial charge in [-0.2, -0.15) is 0 Å². The van der Waals surface area contributed by atoms with Crippen LogP contribution in [0.2, 0.25) is 0 Å². The average molecular weight is 242 g/mol.